The molecule has 3 amide bonds. The molecule has 2 aromatic carbocycles. The van der Waals surface area contributed by atoms with Crippen molar-refractivity contribution in [1.29, 1.82) is 0 Å². The first-order chi connectivity index (χ1) is 17.4. The van der Waals surface area contributed by atoms with Crippen molar-refractivity contribution < 1.29 is 28.7 Å². The van der Waals surface area contributed by atoms with Gasteiger partial charge >= 0.3 is 5.97 Å². The van der Waals surface area contributed by atoms with Gasteiger partial charge in [0.15, 0.2) is 0 Å². The fourth-order valence-corrected chi connectivity index (χ4v) is 6.55. The van der Waals surface area contributed by atoms with Crippen molar-refractivity contribution in [3.05, 3.63) is 48.5 Å². The van der Waals surface area contributed by atoms with E-state index >= 15 is 0 Å². The van der Waals surface area contributed by atoms with Gasteiger partial charge in [0.05, 0.1) is 30.0 Å². The Balaban J connectivity index is 1.14. The summed E-state index contributed by atoms with van der Waals surface area (Å²) in [6.45, 7) is 2.68. The third-order valence-corrected chi connectivity index (χ3v) is 8.14. The number of hydrogen-bond acceptors (Lipinski definition) is 6. The van der Waals surface area contributed by atoms with Crippen LogP contribution < -0.4 is 19.3 Å². The Morgan fingerprint density at radius 2 is 1.61 bits per heavy atom. The van der Waals surface area contributed by atoms with E-state index in [9.17, 15) is 19.2 Å². The zero-order chi connectivity index (χ0) is 25.0. The normalized spacial score (nSPS) is 28.7. The molecule has 4 aliphatic rings. The van der Waals surface area contributed by atoms with Crippen molar-refractivity contribution in [2.45, 2.75) is 32.6 Å². The molecule has 5 atom stereocenters. The standard InChI is InChI=1S/C28H28N2O6/c1-2-35-21-10-8-19(9-11-21)29-15-18(13-23(29)31)28(34)36-22-5-3-4-20(14-22)30-26(32)24-16-6-7-17(12-16)25(24)27(30)33/h3-5,8-11,14,16-18,24-25H,2,6-7,12-13,15H2,1H3/t16-,17-,18+,24-,25-/m0/s1. The lowest BCUT2D eigenvalue weighted by Gasteiger charge is -2.19. The molecule has 4 fully saturated rings. The van der Waals surface area contributed by atoms with Gasteiger partial charge < -0.3 is 14.4 Å². The third kappa shape index (κ3) is 3.67. The highest BCUT2D eigenvalue weighted by atomic mass is 16.5. The molecule has 2 heterocycles. The van der Waals surface area contributed by atoms with Crippen LogP contribution in [-0.4, -0.2) is 36.8 Å². The van der Waals surface area contributed by atoms with Crippen molar-refractivity contribution >= 4 is 35.1 Å². The fraction of sp³-hybridized carbons (Fsp3) is 0.429. The van der Waals surface area contributed by atoms with Gasteiger partial charge in [0.25, 0.3) is 0 Å². The summed E-state index contributed by atoms with van der Waals surface area (Å²) < 4.78 is 11.1. The summed E-state index contributed by atoms with van der Waals surface area (Å²) in [6, 6.07) is 13.7. The first-order valence-corrected chi connectivity index (χ1v) is 12.7. The third-order valence-electron chi connectivity index (χ3n) is 8.14. The second-order valence-corrected chi connectivity index (χ2v) is 10.1. The quantitative estimate of drug-likeness (QED) is 0.351. The van der Waals surface area contributed by atoms with Gasteiger partial charge in [-0.3, -0.25) is 19.2 Å². The van der Waals surface area contributed by atoms with E-state index in [4.69, 9.17) is 9.47 Å². The van der Waals surface area contributed by atoms with Crippen molar-refractivity contribution in [2.24, 2.45) is 29.6 Å². The molecule has 8 nitrogen and oxygen atoms in total. The average molecular weight is 489 g/mol. The second-order valence-electron chi connectivity index (χ2n) is 10.1. The van der Waals surface area contributed by atoms with Crippen LogP contribution in [-0.2, 0) is 19.2 Å². The highest BCUT2D eigenvalue weighted by Gasteiger charge is 2.61. The minimum absolute atomic E-state index is 0.0565. The zero-order valence-electron chi connectivity index (χ0n) is 20.1. The largest absolute Gasteiger partial charge is 0.494 e. The summed E-state index contributed by atoms with van der Waals surface area (Å²) in [5, 5.41) is 0. The molecule has 186 valence electrons. The van der Waals surface area contributed by atoms with Gasteiger partial charge in [-0.25, -0.2) is 4.90 Å². The number of fused-ring (bicyclic) bond motifs is 5. The molecule has 6 rings (SSSR count). The van der Waals surface area contributed by atoms with E-state index in [1.54, 1.807) is 53.4 Å². The predicted octanol–water partition coefficient (Wildman–Crippen LogP) is 3.58. The van der Waals surface area contributed by atoms with Crippen LogP contribution >= 0.6 is 0 Å². The molecule has 2 aromatic rings. The van der Waals surface area contributed by atoms with Crippen molar-refractivity contribution in [2.75, 3.05) is 23.0 Å². The van der Waals surface area contributed by atoms with Crippen LogP contribution in [0.2, 0.25) is 0 Å². The van der Waals surface area contributed by atoms with E-state index < -0.39 is 11.9 Å². The maximum atomic E-state index is 13.1. The van der Waals surface area contributed by atoms with Crippen molar-refractivity contribution in [3.8, 4) is 11.5 Å². The number of hydrogen-bond donors (Lipinski definition) is 0. The lowest BCUT2D eigenvalue weighted by Crippen LogP contribution is -2.32. The summed E-state index contributed by atoms with van der Waals surface area (Å²) >= 11 is 0. The topological polar surface area (TPSA) is 93.2 Å². The van der Waals surface area contributed by atoms with E-state index in [1.807, 2.05) is 6.92 Å². The Labute approximate surface area is 209 Å². The predicted molar refractivity (Wildman–Crippen MR) is 130 cm³/mol. The number of nitrogens with zero attached hydrogens (tertiary/aromatic N) is 2. The molecule has 0 N–H and O–H groups in total. The molecule has 2 aliphatic heterocycles. The molecular formula is C28H28N2O6. The Bertz CT molecular complexity index is 1210. The molecule has 0 unspecified atom stereocenters. The van der Waals surface area contributed by atoms with Crippen LogP contribution in [0.1, 0.15) is 32.6 Å². The number of esters is 1. The maximum absolute atomic E-state index is 13.1. The van der Waals surface area contributed by atoms with E-state index in [0.717, 1.165) is 25.0 Å². The summed E-state index contributed by atoms with van der Waals surface area (Å²) in [5.74, 6) is -0.367. The van der Waals surface area contributed by atoms with Crippen LogP contribution in [0.5, 0.6) is 11.5 Å². The molecule has 36 heavy (non-hydrogen) atoms. The van der Waals surface area contributed by atoms with E-state index in [-0.39, 0.29) is 48.3 Å². The van der Waals surface area contributed by atoms with Crippen LogP contribution in [0, 0.1) is 29.6 Å². The summed E-state index contributed by atoms with van der Waals surface area (Å²) in [7, 11) is 0. The Kier molecular flexibility index (Phi) is 5.54. The molecular weight excluding hydrogens is 460 g/mol. The number of amides is 3. The van der Waals surface area contributed by atoms with Crippen LogP contribution in [0.3, 0.4) is 0 Å². The van der Waals surface area contributed by atoms with Crippen molar-refractivity contribution in [3.63, 3.8) is 0 Å². The summed E-state index contributed by atoms with van der Waals surface area (Å²) in [6.07, 6.45) is 3.07. The molecule has 2 saturated carbocycles. The number of carbonyl (C=O) groups is 4. The van der Waals surface area contributed by atoms with Gasteiger partial charge in [0.1, 0.15) is 11.5 Å². The number of rotatable bonds is 6. The van der Waals surface area contributed by atoms with Gasteiger partial charge in [-0.05, 0) is 74.4 Å². The summed E-state index contributed by atoms with van der Waals surface area (Å²) in [4.78, 5) is 54.7. The monoisotopic (exact) mass is 488 g/mol. The minimum Gasteiger partial charge on any atom is -0.494 e. The van der Waals surface area contributed by atoms with Gasteiger partial charge in [-0.2, -0.15) is 0 Å². The number of carbonyl (C=O) groups excluding carboxylic acids is 4. The molecule has 8 heteroatoms. The van der Waals surface area contributed by atoms with Crippen LogP contribution in [0.15, 0.2) is 48.5 Å². The average Bonchev–Trinajstić information content (AvgIpc) is 3.63. The molecule has 2 aliphatic carbocycles. The van der Waals surface area contributed by atoms with E-state index in [0.29, 0.717) is 29.8 Å². The zero-order valence-corrected chi connectivity index (χ0v) is 20.1. The van der Waals surface area contributed by atoms with E-state index in [2.05, 4.69) is 0 Å². The number of imide groups is 1. The molecule has 2 saturated heterocycles. The number of anilines is 2. The van der Waals surface area contributed by atoms with Gasteiger partial charge in [0, 0.05) is 24.7 Å². The van der Waals surface area contributed by atoms with Crippen molar-refractivity contribution in [1.82, 2.24) is 0 Å². The second kappa shape index (κ2) is 8.76. The van der Waals surface area contributed by atoms with Crippen LogP contribution in [0.4, 0.5) is 11.4 Å². The lowest BCUT2D eigenvalue weighted by atomic mass is 9.81. The minimum atomic E-state index is -0.613. The first-order valence-electron chi connectivity index (χ1n) is 12.7. The molecule has 0 aromatic heterocycles. The summed E-state index contributed by atoms with van der Waals surface area (Å²) in [5.41, 5.74) is 1.13. The molecule has 0 radical (unpaired) electrons. The van der Waals surface area contributed by atoms with Gasteiger partial charge in [-0.15, -0.1) is 0 Å². The molecule has 2 bridgehead atoms. The highest BCUT2D eigenvalue weighted by Crippen LogP contribution is 2.56. The SMILES string of the molecule is CCOc1ccc(N2C[C@H](C(=O)Oc3cccc(N4C(=O)[C@H]5[C@H]6CC[C@@H](C6)[C@@H]5C4=O)c3)CC2=O)cc1. The number of ether oxygens (including phenoxy) is 2. The van der Waals surface area contributed by atoms with Gasteiger partial charge in [0.2, 0.25) is 17.7 Å². The Morgan fingerprint density at radius 1 is 0.917 bits per heavy atom. The molecule has 0 spiro atoms. The Hall–Kier alpha value is -3.68. The highest BCUT2D eigenvalue weighted by molar-refractivity contribution is 6.22. The van der Waals surface area contributed by atoms with Gasteiger partial charge in [-0.1, -0.05) is 6.07 Å². The lowest BCUT2D eigenvalue weighted by molar-refractivity contribution is -0.139. The fourth-order valence-electron chi connectivity index (χ4n) is 6.55. The van der Waals surface area contributed by atoms with Crippen LogP contribution in [0.25, 0.3) is 0 Å². The van der Waals surface area contributed by atoms with E-state index in [1.165, 1.54) is 4.90 Å². The first kappa shape index (κ1) is 22.8. The maximum Gasteiger partial charge on any atom is 0.316 e. The smallest absolute Gasteiger partial charge is 0.316 e. The number of benzene rings is 2. The Morgan fingerprint density at radius 3 is 2.28 bits per heavy atom.